The minimum atomic E-state index is 0.0610. The van der Waals surface area contributed by atoms with Crippen molar-refractivity contribution in [3.63, 3.8) is 0 Å². The van der Waals surface area contributed by atoms with Gasteiger partial charge in [0, 0.05) is 44.1 Å². The third-order valence-corrected chi connectivity index (χ3v) is 5.53. The van der Waals surface area contributed by atoms with Crippen LogP contribution in [0.4, 0.5) is 4.79 Å². The Kier molecular flexibility index (Phi) is 5.04. The van der Waals surface area contributed by atoms with Gasteiger partial charge in [0.2, 0.25) is 0 Å². The monoisotopic (exact) mass is 368 g/mol. The summed E-state index contributed by atoms with van der Waals surface area (Å²) in [7, 11) is 1.64. The van der Waals surface area contributed by atoms with Crippen LogP contribution >= 0.6 is 0 Å². The second-order valence-corrected chi connectivity index (χ2v) is 7.47. The van der Waals surface area contributed by atoms with E-state index in [2.05, 4.69) is 11.8 Å². The summed E-state index contributed by atoms with van der Waals surface area (Å²) in [5, 5.41) is 0. The molecule has 1 aromatic rings. The number of rotatable bonds is 1. The number of benzene rings is 1. The smallest absolute Gasteiger partial charge is 0.320 e. The van der Waals surface area contributed by atoms with E-state index in [1.807, 2.05) is 34.1 Å². The Balaban J connectivity index is 1.29. The highest BCUT2D eigenvalue weighted by molar-refractivity contribution is 5.81. The fourth-order valence-electron chi connectivity index (χ4n) is 3.96. The van der Waals surface area contributed by atoms with Crippen molar-refractivity contribution < 1.29 is 19.1 Å². The molecule has 0 unspecified atom stereocenters. The molecule has 0 N–H and O–H groups in total. The first-order valence-electron chi connectivity index (χ1n) is 9.45. The van der Waals surface area contributed by atoms with Crippen molar-refractivity contribution in [2.45, 2.75) is 18.9 Å². The fourth-order valence-corrected chi connectivity index (χ4v) is 3.96. The number of likely N-dealkylation sites (tertiary alicyclic amines) is 2. The first-order chi connectivity index (χ1) is 13.1. The Bertz CT molecular complexity index is 791. The number of carbonyl (C=O) groups excluding carboxylic acids is 2. The third kappa shape index (κ3) is 3.93. The van der Waals surface area contributed by atoms with Crippen LogP contribution in [0, 0.1) is 23.7 Å². The molecule has 0 radical (unpaired) electrons. The molecule has 0 bridgehead atoms. The van der Waals surface area contributed by atoms with E-state index in [0.717, 1.165) is 17.7 Å². The first kappa shape index (κ1) is 17.9. The zero-order chi connectivity index (χ0) is 18.8. The van der Waals surface area contributed by atoms with Gasteiger partial charge in [-0.1, -0.05) is 17.9 Å². The summed E-state index contributed by atoms with van der Waals surface area (Å²) in [6.45, 7) is 2.87. The lowest BCUT2D eigenvalue weighted by Crippen LogP contribution is -2.58. The molecule has 0 aliphatic carbocycles. The van der Waals surface area contributed by atoms with E-state index in [9.17, 15) is 9.59 Å². The number of carbonyl (C=O) groups is 2. The molecule has 27 heavy (non-hydrogen) atoms. The van der Waals surface area contributed by atoms with E-state index in [4.69, 9.17) is 9.47 Å². The van der Waals surface area contributed by atoms with Crippen molar-refractivity contribution >= 4 is 11.8 Å². The molecule has 6 heteroatoms. The number of amides is 2. The van der Waals surface area contributed by atoms with Gasteiger partial charge in [-0.15, -0.1) is 0 Å². The van der Waals surface area contributed by atoms with Crippen LogP contribution in [0.1, 0.15) is 18.4 Å². The van der Waals surface area contributed by atoms with Crippen LogP contribution in [0.15, 0.2) is 24.3 Å². The zero-order valence-corrected chi connectivity index (χ0v) is 15.5. The van der Waals surface area contributed by atoms with Gasteiger partial charge in [-0.2, -0.15) is 0 Å². The number of fused-ring (bicyclic) bond motifs is 1. The first-order valence-corrected chi connectivity index (χ1v) is 9.45. The molecule has 3 saturated heterocycles. The minimum Gasteiger partial charge on any atom is -0.497 e. The Morgan fingerprint density at radius 1 is 1.26 bits per heavy atom. The number of ketones is 1. The Hall–Kier alpha value is -2.52. The molecular weight excluding hydrogens is 344 g/mol. The van der Waals surface area contributed by atoms with E-state index in [0.29, 0.717) is 32.6 Å². The van der Waals surface area contributed by atoms with Gasteiger partial charge in [-0.3, -0.25) is 4.79 Å². The van der Waals surface area contributed by atoms with Crippen molar-refractivity contribution in [1.29, 1.82) is 0 Å². The molecular formula is C21H24N2O4. The van der Waals surface area contributed by atoms with Gasteiger partial charge < -0.3 is 19.3 Å². The standard InChI is InChI=1S/C21H24N2O4/c1-26-19-4-2-3-15(9-19)5-6-16-11-23(12-16)21(25)22-8-7-20-17(13-22)10-18(24)14-27-20/h2-4,9,16-17,20H,7-8,10-14H2,1H3/t17-,20+/m1/s1. The average Bonchev–Trinajstić information content (AvgIpc) is 2.66. The molecule has 6 nitrogen and oxygen atoms in total. The quantitative estimate of drug-likeness (QED) is 0.709. The van der Waals surface area contributed by atoms with E-state index < -0.39 is 0 Å². The van der Waals surface area contributed by atoms with E-state index >= 15 is 0 Å². The van der Waals surface area contributed by atoms with Crippen molar-refractivity contribution in [1.82, 2.24) is 9.80 Å². The van der Waals surface area contributed by atoms with Gasteiger partial charge in [-0.05, 0) is 24.6 Å². The lowest BCUT2D eigenvalue weighted by molar-refractivity contribution is -0.140. The number of hydrogen-bond donors (Lipinski definition) is 0. The number of methoxy groups -OCH3 is 1. The SMILES string of the molecule is COc1cccc(C#CC2CN(C(=O)N3CC[C@@H]4OCC(=O)C[C@@H]4C3)C2)c1. The predicted molar refractivity (Wildman–Crippen MR) is 99.4 cm³/mol. The van der Waals surface area contributed by atoms with Crippen LogP contribution in [-0.4, -0.2) is 67.6 Å². The highest BCUT2D eigenvalue weighted by Gasteiger charge is 2.39. The largest absolute Gasteiger partial charge is 0.497 e. The summed E-state index contributed by atoms with van der Waals surface area (Å²) in [6.07, 6.45) is 1.48. The number of urea groups is 1. The maximum absolute atomic E-state index is 12.7. The molecule has 3 fully saturated rings. The Morgan fingerprint density at radius 2 is 2.11 bits per heavy atom. The number of nitrogens with zero attached hydrogens (tertiary/aromatic N) is 2. The highest BCUT2D eigenvalue weighted by Crippen LogP contribution is 2.28. The van der Waals surface area contributed by atoms with Crippen molar-refractivity contribution in [2.75, 3.05) is 39.9 Å². The maximum atomic E-state index is 12.7. The fraction of sp³-hybridized carbons (Fsp3) is 0.524. The highest BCUT2D eigenvalue weighted by atomic mass is 16.5. The van der Waals surface area contributed by atoms with Gasteiger partial charge in [0.1, 0.15) is 12.4 Å². The van der Waals surface area contributed by atoms with E-state index in [-0.39, 0.29) is 36.4 Å². The molecule has 3 aliphatic heterocycles. The molecule has 0 aromatic heterocycles. The summed E-state index contributed by atoms with van der Waals surface area (Å²) in [4.78, 5) is 28.0. The van der Waals surface area contributed by atoms with Crippen LogP contribution in [0.3, 0.4) is 0 Å². The summed E-state index contributed by atoms with van der Waals surface area (Å²) < 4.78 is 10.8. The van der Waals surface area contributed by atoms with Crippen LogP contribution in [-0.2, 0) is 9.53 Å². The van der Waals surface area contributed by atoms with Crippen LogP contribution in [0.2, 0.25) is 0 Å². The third-order valence-electron chi connectivity index (χ3n) is 5.53. The van der Waals surface area contributed by atoms with Crippen LogP contribution in [0.25, 0.3) is 0 Å². The lowest BCUT2D eigenvalue weighted by atomic mass is 9.88. The minimum absolute atomic E-state index is 0.0610. The average molecular weight is 368 g/mol. The van der Waals surface area contributed by atoms with Gasteiger partial charge in [0.15, 0.2) is 5.78 Å². The second kappa shape index (κ2) is 7.61. The van der Waals surface area contributed by atoms with Crippen LogP contribution < -0.4 is 4.74 Å². The molecule has 0 spiro atoms. The van der Waals surface area contributed by atoms with Gasteiger partial charge in [0.05, 0.1) is 19.1 Å². The summed E-state index contributed by atoms with van der Waals surface area (Å²) in [6, 6.07) is 7.73. The summed E-state index contributed by atoms with van der Waals surface area (Å²) in [5.41, 5.74) is 0.920. The van der Waals surface area contributed by atoms with Crippen LogP contribution in [0.5, 0.6) is 5.75 Å². The normalized spacial score (nSPS) is 25.1. The Morgan fingerprint density at radius 3 is 2.93 bits per heavy atom. The number of hydrogen-bond acceptors (Lipinski definition) is 4. The molecule has 2 amide bonds. The van der Waals surface area contributed by atoms with Crippen molar-refractivity contribution in [3.8, 4) is 17.6 Å². The van der Waals surface area contributed by atoms with Crippen molar-refractivity contribution in [3.05, 3.63) is 29.8 Å². The van der Waals surface area contributed by atoms with Gasteiger partial charge in [0.25, 0.3) is 0 Å². The topological polar surface area (TPSA) is 59.1 Å². The molecule has 0 saturated carbocycles. The van der Waals surface area contributed by atoms with Gasteiger partial charge >= 0.3 is 6.03 Å². The van der Waals surface area contributed by atoms with Gasteiger partial charge in [-0.25, -0.2) is 4.79 Å². The zero-order valence-electron chi connectivity index (χ0n) is 15.5. The molecule has 1 aromatic carbocycles. The van der Waals surface area contributed by atoms with Crippen molar-refractivity contribution in [2.24, 2.45) is 11.8 Å². The molecule has 3 aliphatic rings. The molecule has 2 atom stereocenters. The summed E-state index contributed by atoms with van der Waals surface area (Å²) in [5.74, 6) is 7.70. The number of piperidine rings is 1. The van der Waals surface area contributed by atoms with E-state index in [1.165, 1.54) is 0 Å². The number of Topliss-reactive ketones (excluding diaryl/α,β-unsaturated/α-hetero) is 1. The molecule has 4 rings (SSSR count). The summed E-state index contributed by atoms with van der Waals surface area (Å²) >= 11 is 0. The van der Waals surface area contributed by atoms with E-state index in [1.54, 1.807) is 7.11 Å². The lowest BCUT2D eigenvalue weighted by Gasteiger charge is -2.45. The predicted octanol–water partition coefficient (Wildman–Crippen LogP) is 1.78. The Labute approximate surface area is 159 Å². The molecule has 142 valence electrons. The number of ether oxygens (including phenoxy) is 2. The maximum Gasteiger partial charge on any atom is 0.320 e. The molecule has 3 heterocycles. The second-order valence-electron chi connectivity index (χ2n) is 7.47.